The van der Waals surface area contributed by atoms with E-state index in [4.69, 9.17) is 4.74 Å². The quantitative estimate of drug-likeness (QED) is 0.856. The van der Waals surface area contributed by atoms with Crippen LogP contribution in [0.5, 0.6) is 0 Å². The van der Waals surface area contributed by atoms with Crippen LogP contribution >= 0.6 is 0 Å². The third-order valence-corrected chi connectivity index (χ3v) is 4.69. The van der Waals surface area contributed by atoms with Crippen molar-refractivity contribution >= 4 is 5.69 Å². The Kier molecular flexibility index (Phi) is 3.15. The lowest BCUT2D eigenvalue weighted by atomic mass is 9.77. The Bertz CT molecular complexity index is 641. The number of ether oxygens (including phenoxy) is 1. The van der Waals surface area contributed by atoms with E-state index in [0.29, 0.717) is 12.0 Å². The normalized spacial score (nSPS) is 27.4. The molecule has 0 radical (unpaired) electrons. The van der Waals surface area contributed by atoms with Crippen molar-refractivity contribution in [2.45, 2.75) is 31.9 Å². The second-order valence-electron chi connectivity index (χ2n) is 6.09. The zero-order chi connectivity index (χ0) is 14.2. The average Bonchev–Trinajstić information content (AvgIpc) is 2.55. The Morgan fingerprint density at radius 1 is 1.19 bits per heavy atom. The molecule has 0 bridgehead atoms. The highest BCUT2D eigenvalue weighted by Gasteiger charge is 2.39. The molecule has 108 valence electrons. The molecule has 0 amide bonds. The largest absolute Gasteiger partial charge is 0.378 e. The molecule has 2 aromatic rings. The summed E-state index contributed by atoms with van der Waals surface area (Å²) in [6, 6.07) is 11.2. The first-order chi connectivity index (χ1) is 10.3. The number of nitrogens with zero attached hydrogens (tertiary/aromatic N) is 1. The summed E-state index contributed by atoms with van der Waals surface area (Å²) in [6.45, 7) is 3.02. The molecule has 2 aliphatic heterocycles. The minimum Gasteiger partial charge on any atom is -0.378 e. The second kappa shape index (κ2) is 5.15. The van der Waals surface area contributed by atoms with Gasteiger partial charge in [-0.05, 0) is 43.5 Å². The fraction of sp³-hybridized carbons (Fsp3) is 0.389. The van der Waals surface area contributed by atoms with E-state index in [2.05, 4.69) is 47.6 Å². The zero-order valence-electron chi connectivity index (χ0n) is 12.3. The molecular weight excluding hydrogens is 260 g/mol. The number of anilines is 1. The molecule has 21 heavy (non-hydrogen) atoms. The minimum atomic E-state index is 0.216. The van der Waals surface area contributed by atoms with Crippen molar-refractivity contribution in [1.82, 2.24) is 4.98 Å². The summed E-state index contributed by atoms with van der Waals surface area (Å²) in [4.78, 5) is 4.14. The van der Waals surface area contributed by atoms with E-state index in [9.17, 15) is 0 Å². The SMILES string of the molecule is Cc1ccc2c(c1)[C@@H]1OCCC[C@@H]1[C@H](c1ccncc1)N2. The molecule has 3 nitrogen and oxygen atoms in total. The van der Waals surface area contributed by atoms with Crippen LogP contribution in [0.2, 0.25) is 0 Å². The predicted molar refractivity (Wildman–Crippen MR) is 83.2 cm³/mol. The van der Waals surface area contributed by atoms with Gasteiger partial charge in [-0.15, -0.1) is 0 Å². The molecule has 1 N–H and O–H groups in total. The smallest absolute Gasteiger partial charge is 0.0895 e. The van der Waals surface area contributed by atoms with E-state index >= 15 is 0 Å². The summed E-state index contributed by atoms with van der Waals surface area (Å²) >= 11 is 0. The number of aromatic nitrogens is 1. The van der Waals surface area contributed by atoms with Gasteiger partial charge < -0.3 is 10.1 Å². The van der Waals surface area contributed by atoms with Crippen LogP contribution in [0.15, 0.2) is 42.7 Å². The highest BCUT2D eigenvalue weighted by molar-refractivity contribution is 5.58. The van der Waals surface area contributed by atoms with Crippen LogP contribution in [0.4, 0.5) is 5.69 Å². The van der Waals surface area contributed by atoms with Crippen molar-refractivity contribution in [3.63, 3.8) is 0 Å². The first kappa shape index (κ1) is 12.8. The lowest BCUT2D eigenvalue weighted by molar-refractivity contribution is -0.0381. The summed E-state index contributed by atoms with van der Waals surface area (Å²) in [6.07, 6.45) is 6.32. The number of fused-ring (bicyclic) bond motifs is 3. The standard InChI is InChI=1S/C18H20N2O/c1-12-4-5-16-15(11-12)18-14(3-2-10-21-18)17(20-16)13-6-8-19-9-7-13/h4-9,11,14,17-18,20H,2-3,10H2,1H3/t14-,17+,18-/m1/s1. The lowest BCUT2D eigenvalue weighted by Crippen LogP contribution is -2.36. The van der Waals surface area contributed by atoms with E-state index in [0.717, 1.165) is 13.0 Å². The van der Waals surface area contributed by atoms with Crippen LogP contribution in [0.3, 0.4) is 0 Å². The topological polar surface area (TPSA) is 34.1 Å². The van der Waals surface area contributed by atoms with Gasteiger partial charge in [0.15, 0.2) is 0 Å². The summed E-state index contributed by atoms with van der Waals surface area (Å²) in [5, 5.41) is 3.73. The molecule has 4 rings (SSSR count). The number of hydrogen-bond acceptors (Lipinski definition) is 3. The van der Waals surface area contributed by atoms with Crippen LogP contribution in [-0.2, 0) is 4.74 Å². The predicted octanol–water partition coefficient (Wildman–Crippen LogP) is 4.02. The average molecular weight is 280 g/mol. The van der Waals surface area contributed by atoms with Crippen molar-refractivity contribution in [2.24, 2.45) is 5.92 Å². The van der Waals surface area contributed by atoms with Crippen LogP contribution in [0.1, 0.15) is 41.7 Å². The van der Waals surface area contributed by atoms with Crippen LogP contribution < -0.4 is 5.32 Å². The molecule has 1 aromatic heterocycles. The van der Waals surface area contributed by atoms with Crippen molar-refractivity contribution in [1.29, 1.82) is 0 Å². The van der Waals surface area contributed by atoms with Gasteiger partial charge in [-0.1, -0.05) is 17.7 Å². The maximum atomic E-state index is 6.16. The summed E-state index contributed by atoms with van der Waals surface area (Å²) in [5.41, 5.74) is 5.14. The number of benzene rings is 1. The first-order valence-electron chi connectivity index (χ1n) is 7.71. The molecule has 0 saturated carbocycles. The van der Waals surface area contributed by atoms with E-state index in [1.54, 1.807) is 0 Å². The summed E-state index contributed by atoms with van der Waals surface area (Å²) < 4.78 is 6.16. The Morgan fingerprint density at radius 2 is 2.05 bits per heavy atom. The Hall–Kier alpha value is -1.87. The molecule has 0 aliphatic carbocycles. The second-order valence-corrected chi connectivity index (χ2v) is 6.09. The van der Waals surface area contributed by atoms with Gasteiger partial charge in [0.1, 0.15) is 0 Å². The molecule has 1 saturated heterocycles. The Balaban J connectivity index is 1.79. The molecular formula is C18H20N2O. The fourth-order valence-electron chi connectivity index (χ4n) is 3.69. The number of hydrogen-bond donors (Lipinski definition) is 1. The molecule has 3 atom stereocenters. The van der Waals surface area contributed by atoms with Crippen LogP contribution in [-0.4, -0.2) is 11.6 Å². The molecule has 0 unspecified atom stereocenters. The van der Waals surface area contributed by atoms with Crippen molar-refractivity contribution in [2.75, 3.05) is 11.9 Å². The van der Waals surface area contributed by atoms with E-state index in [1.165, 1.54) is 28.8 Å². The van der Waals surface area contributed by atoms with Gasteiger partial charge in [-0.2, -0.15) is 0 Å². The van der Waals surface area contributed by atoms with Gasteiger partial charge in [0.05, 0.1) is 12.1 Å². The third-order valence-electron chi connectivity index (χ3n) is 4.69. The Labute approximate surface area is 125 Å². The Morgan fingerprint density at radius 3 is 2.90 bits per heavy atom. The minimum absolute atomic E-state index is 0.216. The van der Waals surface area contributed by atoms with Crippen LogP contribution in [0, 0.1) is 12.8 Å². The maximum Gasteiger partial charge on any atom is 0.0895 e. The zero-order valence-corrected chi connectivity index (χ0v) is 12.3. The van der Waals surface area contributed by atoms with Crippen LogP contribution in [0.25, 0.3) is 0 Å². The van der Waals surface area contributed by atoms with Gasteiger partial charge in [0.25, 0.3) is 0 Å². The highest BCUT2D eigenvalue weighted by atomic mass is 16.5. The summed E-state index contributed by atoms with van der Waals surface area (Å²) in [7, 11) is 0. The first-order valence-corrected chi connectivity index (χ1v) is 7.71. The number of rotatable bonds is 1. The molecule has 3 heteroatoms. The molecule has 2 aliphatic rings. The highest BCUT2D eigenvalue weighted by Crippen LogP contribution is 2.49. The fourth-order valence-corrected chi connectivity index (χ4v) is 3.69. The van der Waals surface area contributed by atoms with Gasteiger partial charge in [-0.25, -0.2) is 0 Å². The summed E-state index contributed by atoms with van der Waals surface area (Å²) in [5.74, 6) is 0.496. The number of nitrogens with one attached hydrogen (secondary N) is 1. The number of aryl methyl sites for hydroxylation is 1. The van der Waals surface area contributed by atoms with Gasteiger partial charge in [0, 0.05) is 36.2 Å². The molecule has 1 fully saturated rings. The maximum absolute atomic E-state index is 6.16. The van der Waals surface area contributed by atoms with Gasteiger partial charge >= 0.3 is 0 Å². The van der Waals surface area contributed by atoms with Gasteiger partial charge in [0.2, 0.25) is 0 Å². The molecule has 3 heterocycles. The van der Waals surface area contributed by atoms with Gasteiger partial charge in [-0.3, -0.25) is 4.98 Å². The van der Waals surface area contributed by atoms with E-state index in [1.807, 2.05) is 12.4 Å². The lowest BCUT2D eigenvalue weighted by Gasteiger charge is -2.43. The van der Waals surface area contributed by atoms with E-state index in [-0.39, 0.29) is 6.10 Å². The van der Waals surface area contributed by atoms with Crippen molar-refractivity contribution in [3.05, 3.63) is 59.4 Å². The molecule has 0 spiro atoms. The van der Waals surface area contributed by atoms with Crippen molar-refractivity contribution < 1.29 is 4.74 Å². The van der Waals surface area contributed by atoms with Crippen molar-refractivity contribution in [3.8, 4) is 0 Å². The third kappa shape index (κ3) is 2.22. The van der Waals surface area contributed by atoms with E-state index < -0.39 is 0 Å². The number of pyridine rings is 1. The molecule has 1 aromatic carbocycles. The monoisotopic (exact) mass is 280 g/mol.